The molecule has 0 saturated carbocycles. The highest BCUT2D eigenvalue weighted by Crippen LogP contribution is 2.21. The van der Waals surface area contributed by atoms with Crippen LogP contribution in [0.25, 0.3) is 11.4 Å². The van der Waals surface area contributed by atoms with Crippen LogP contribution in [-0.4, -0.2) is 51.5 Å². The number of piperidine rings is 1. The maximum absolute atomic E-state index is 12.2. The lowest BCUT2D eigenvalue weighted by Crippen LogP contribution is -2.41. The number of hydrogen-bond donors (Lipinski definition) is 1. The summed E-state index contributed by atoms with van der Waals surface area (Å²) in [5.41, 5.74) is 1.68. The number of likely N-dealkylation sites (tertiary alicyclic amines) is 1. The SMILES string of the molecule is CC(=O)CCC(=O)N1CCC[C@@H](COc2ccc(-c3ccn[nH]3)nc2)C1. The molecule has 2 aromatic rings. The van der Waals surface area contributed by atoms with E-state index < -0.39 is 0 Å². The van der Waals surface area contributed by atoms with E-state index in [4.69, 9.17) is 4.74 Å². The number of nitrogens with zero attached hydrogens (tertiary/aromatic N) is 3. The van der Waals surface area contributed by atoms with Crippen molar-refractivity contribution in [3.63, 3.8) is 0 Å². The van der Waals surface area contributed by atoms with Crippen LogP contribution in [0.5, 0.6) is 5.75 Å². The number of carbonyl (C=O) groups is 2. The summed E-state index contributed by atoms with van der Waals surface area (Å²) >= 11 is 0. The number of amides is 1. The number of H-pyrrole nitrogens is 1. The Balaban J connectivity index is 1.48. The van der Waals surface area contributed by atoms with Crippen molar-refractivity contribution in [3.05, 3.63) is 30.6 Å². The first-order valence-electron chi connectivity index (χ1n) is 8.97. The van der Waals surface area contributed by atoms with Crippen LogP contribution in [0.15, 0.2) is 30.6 Å². The van der Waals surface area contributed by atoms with Gasteiger partial charge < -0.3 is 14.4 Å². The number of nitrogens with one attached hydrogen (secondary N) is 1. The van der Waals surface area contributed by atoms with Gasteiger partial charge in [-0.25, -0.2) is 0 Å². The first-order valence-corrected chi connectivity index (χ1v) is 8.97. The van der Waals surface area contributed by atoms with Gasteiger partial charge in [-0.2, -0.15) is 5.10 Å². The summed E-state index contributed by atoms with van der Waals surface area (Å²) in [6.07, 6.45) is 6.03. The summed E-state index contributed by atoms with van der Waals surface area (Å²) in [6.45, 7) is 3.54. The van der Waals surface area contributed by atoms with Gasteiger partial charge in [0.1, 0.15) is 11.5 Å². The van der Waals surface area contributed by atoms with Gasteiger partial charge in [0, 0.05) is 38.0 Å². The van der Waals surface area contributed by atoms with Crippen LogP contribution in [0, 0.1) is 5.92 Å². The van der Waals surface area contributed by atoms with E-state index in [0.29, 0.717) is 37.7 Å². The minimum absolute atomic E-state index is 0.0568. The third kappa shape index (κ3) is 4.91. The van der Waals surface area contributed by atoms with E-state index in [2.05, 4.69) is 15.2 Å². The number of pyridine rings is 1. The van der Waals surface area contributed by atoms with Gasteiger partial charge in [0.15, 0.2) is 0 Å². The molecule has 1 aliphatic rings. The Morgan fingerprint density at radius 3 is 2.88 bits per heavy atom. The molecular weight excluding hydrogens is 332 g/mol. The molecule has 0 spiro atoms. The monoisotopic (exact) mass is 356 g/mol. The lowest BCUT2D eigenvalue weighted by Gasteiger charge is -2.32. The fourth-order valence-electron chi connectivity index (χ4n) is 3.11. The molecule has 7 heteroatoms. The molecule has 1 N–H and O–H groups in total. The second kappa shape index (κ2) is 8.60. The topological polar surface area (TPSA) is 88.2 Å². The van der Waals surface area contributed by atoms with E-state index in [1.54, 1.807) is 12.4 Å². The number of aromatic amines is 1. The van der Waals surface area contributed by atoms with Crippen molar-refractivity contribution in [2.75, 3.05) is 19.7 Å². The number of ketones is 1. The highest BCUT2D eigenvalue weighted by atomic mass is 16.5. The van der Waals surface area contributed by atoms with E-state index in [9.17, 15) is 9.59 Å². The average Bonchev–Trinajstić information content (AvgIpc) is 3.20. The number of aromatic nitrogens is 3. The molecule has 1 atom stereocenters. The zero-order valence-corrected chi connectivity index (χ0v) is 15.0. The summed E-state index contributed by atoms with van der Waals surface area (Å²) in [4.78, 5) is 29.5. The number of hydrogen-bond acceptors (Lipinski definition) is 5. The third-order valence-corrected chi connectivity index (χ3v) is 4.56. The third-order valence-electron chi connectivity index (χ3n) is 4.56. The molecular formula is C19H24N4O3. The summed E-state index contributed by atoms with van der Waals surface area (Å²) in [5, 5.41) is 6.79. The van der Waals surface area contributed by atoms with Gasteiger partial charge in [-0.3, -0.25) is 14.9 Å². The van der Waals surface area contributed by atoms with E-state index in [1.165, 1.54) is 6.92 Å². The summed E-state index contributed by atoms with van der Waals surface area (Å²) < 4.78 is 5.86. The Bertz CT molecular complexity index is 728. The standard InChI is InChI=1S/C19H24N4O3/c1-14(24)4-7-19(25)23-10-2-3-15(12-23)13-26-16-5-6-17(20-11-16)18-8-9-21-22-18/h5-6,8-9,11,15H,2-4,7,10,12-13H2,1H3,(H,21,22)/t15-/m1/s1. The molecule has 1 saturated heterocycles. The van der Waals surface area contributed by atoms with Crippen molar-refractivity contribution >= 4 is 11.7 Å². The second-order valence-electron chi connectivity index (χ2n) is 6.71. The molecule has 7 nitrogen and oxygen atoms in total. The van der Waals surface area contributed by atoms with Gasteiger partial charge in [-0.05, 0) is 38.0 Å². The molecule has 3 rings (SSSR count). The van der Waals surface area contributed by atoms with Crippen LogP contribution in [0.1, 0.15) is 32.6 Å². The summed E-state index contributed by atoms with van der Waals surface area (Å²) in [5.74, 6) is 1.14. The maximum atomic E-state index is 12.2. The van der Waals surface area contributed by atoms with Crippen LogP contribution in [-0.2, 0) is 9.59 Å². The number of ether oxygens (including phenoxy) is 1. The highest BCUT2D eigenvalue weighted by molar-refractivity contribution is 5.83. The minimum Gasteiger partial charge on any atom is -0.492 e. The minimum atomic E-state index is 0.0568. The Morgan fingerprint density at radius 1 is 1.31 bits per heavy atom. The van der Waals surface area contributed by atoms with Crippen molar-refractivity contribution in [2.24, 2.45) is 5.92 Å². The van der Waals surface area contributed by atoms with Crippen LogP contribution in [0.4, 0.5) is 0 Å². The summed E-state index contributed by atoms with van der Waals surface area (Å²) in [6, 6.07) is 5.64. The van der Waals surface area contributed by atoms with E-state index in [-0.39, 0.29) is 11.7 Å². The summed E-state index contributed by atoms with van der Waals surface area (Å²) in [7, 11) is 0. The van der Waals surface area contributed by atoms with Crippen LogP contribution in [0.3, 0.4) is 0 Å². The van der Waals surface area contributed by atoms with E-state index >= 15 is 0 Å². The van der Waals surface area contributed by atoms with Gasteiger partial charge in [-0.1, -0.05) is 0 Å². The first-order chi connectivity index (χ1) is 12.6. The average molecular weight is 356 g/mol. The molecule has 1 fully saturated rings. The zero-order valence-electron chi connectivity index (χ0n) is 15.0. The molecule has 1 aliphatic heterocycles. The molecule has 138 valence electrons. The molecule has 0 bridgehead atoms. The Hall–Kier alpha value is -2.70. The van der Waals surface area contributed by atoms with E-state index in [1.807, 2.05) is 23.1 Å². The predicted molar refractivity (Wildman–Crippen MR) is 96.5 cm³/mol. The lowest BCUT2D eigenvalue weighted by atomic mass is 9.98. The number of carbonyl (C=O) groups excluding carboxylic acids is 2. The van der Waals surface area contributed by atoms with Crippen molar-refractivity contribution < 1.29 is 14.3 Å². The van der Waals surface area contributed by atoms with Crippen LogP contribution in [0.2, 0.25) is 0 Å². The van der Waals surface area contributed by atoms with Gasteiger partial charge in [0.2, 0.25) is 5.91 Å². The van der Waals surface area contributed by atoms with Gasteiger partial charge >= 0.3 is 0 Å². The van der Waals surface area contributed by atoms with Crippen molar-refractivity contribution in [2.45, 2.75) is 32.6 Å². The van der Waals surface area contributed by atoms with Crippen molar-refractivity contribution in [1.82, 2.24) is 20.1 Å². The fraction of sp³-hybridized carbons (Fsp3) is 0.474. The molecule has 0 radical (unpaired) electrons. The van der Waals surface area contributed by atoms with Gasteiger partial charge in [-0.15, -0.1) is 0 Å². The molecule has 0 aromatic carbocycles. The lowest BCUT2D eigenvalue weighted by molar-refractivity contribution is -0.134. The molecule has 1 amide bonds. The largest absolute Gasteiger partial charge is 0.492 e. The smallest absolute Gasteiger partial charge is 0.223 e. The molecule has 0 aliphatic carbocycles. The van der Waals surface area contributed by atoms with Crippen LogP contribution < -0.4 is 4.74 Å². The normalized spacial score (nSPS) is 17.1. The molecule has 0 unspecified atom stereocenters. The van der Waals surface area contributed by atoms with Crippen molar-refractivity contribution in [3.8, 4) is 17.1 Å². The van der Waals surface area contributed by atoms with Gasteiger partial charge in [0.25, 0.3) is 0 Å². The Labute approximate surface area is 152 Å². The fourth-order valence-corrected chi connectivity index (χ4v) is 3.11. The highest BCUT2D eigenvalue weighted by Gasteiger charge is 2.24. The Morgan fingerprint density at radius 2 is 2.19 bits per heavy atom. The molecule has 3 heterocycles. The van der Waals surface area contributed by atoms with Crippen LogP contribution >= 0.6 is 0 Å². The van der Waals surface area contributed by atoms with Crippen molar-refractivity contribution in [1.29, 1.82) is 0 Å². The zero-order chi connectivity index (χ0) is 18.4. The predicted octanol–water partition coefficient (Wildman–Crippen LogP) is 2.46. The second-order valence-corrected chi connectivity index (χ2v) is 6.71. The molecule has 26 heavy (non-hydrogen) atoms. The number of Topliss-reactive ketones (excluding diaryl/α,β-unsaturated/α-hetero) is 1. The van der Waals surface area contributed by atoms with E-state index in [0.717, 1.165) is 30.8 Å². The molecule has 2 aromatic heterocycles. The maximum Gasteiger partial charge on any atom is 0.223 e. The quantitative estimate of drug-likeness (QED) is 0.823. The number of rotatable bonds is 7. The van der Waals surface area contributed by atoms with Gasteiger partial charge in [0.05, 0.1) is 24.2 Å². The Kier molecular flexibility index (Phi) is 5.99. The first kappa shape index (κ1) is 18.1.